The third-order valence-corrected chi connectivity index (χ3v) is 6.93. The van der Waals surface area contributed by atoms with Crippen molar-refractivity contribution in [2.24, 2.45) is 5.92 Å². The van der Waals surface area contributed by atoms with Crippen molar-refractivity contribution in [3.8, 4) is 0 Å². The standard InChI is InChI=1S/C27H35N3O3/c31-26(28-19-21-15-17-30(18-16-21)24-13-7-8-14-24)25(23-11-5-2-6-12-23)29-27(32)33-20-22-9-3-1-4-10-22/h1-6,9-12,21,24-25H,7-8,13-20H2,(H,28,31)(H,29,32)/t25-/m1/s1. The van der Waals surface area contributed by atoms with Crippen molar-refractivity contribution >= 4 is 12.0 Å². The normalized spacial score (nSPS) is 18.5. The molecule has 1 saturated carbocycles. The molecular weight excluding hydrogens is 414 g/mol. The summed E-state index contributed by atoms with van der Waals surface area (Å²) in [4.78, 5) is 28.2. The molecule has 2 N–H and O–H groups in total. The molecule has 0 spiro atoms. The summed E-state index contributed by atoms with van der Waals surface area (Å²) in [5.41, 5.74) is 1.64. The average molecular weight is 450 g/mol. The van der Waals surface area contributed by atoms with Crippen LogP contribution in [0.5, 0.6) is 0 Å². The number of alkyl carbamates (subject to hydrolysis) is 1. The Kier molecular flexibility index (Phi) is 8.36. The monoisotopic (exact) mass is 449 g/mol. The molecular formula is C27H35N3O3. The van der Waals surface area contributed by atoms with Crippen LogP contribution in [-0.2, 0) is 16.1 Å². The predicted molar refractivity (Wildman–Crippen MR) is 129 cm³/mol. The summed E-state index contributed by atoms with van der Waals surface area (Å²) in [6.45, 7) is 3.05. The molecule has 33 heavy (non-hydrogen) atoms. The lowest BCUT2D eigenvalue weighted by atomic mass is 9.95. The highest BCUT2D eigenvalue weighted by Crippen LogP contribution is 2.27. The number of benzene rings is 2. The van der Waals surface area contributed by atoms with Crippen LogP contribution in [0.1, 0.15) is 55.7 Å². The molecule has 2 aliphatic rings. The minimum atomic E-state index is -0.784. The van der Waals surface area contributed by atoms with Gasteiger partial charge in [-0.1, -0.05) is 73.5 Å². The quantitative estimate of drug-likeness (QED) is 0.626. The number of carbonyl (C=O) groups is 2. The van der Waals surface area contributed by atoms with Gasteiger partial charge in [0, 0.05) is 12.6 Å². The number of hydrogen-bond donors (Lipinski definition) is 2. The summed E-state index contributed by atoms with van der Waals surface area (Å²) >= 11 is 0. The Morgan fingerprint density at radius 3 is 2.21 bits per heavy atom. The molecule has 2 aromatic rings. The maximum absolute atomic E-state index is 13.1. The fourth-order valence-corrected chi connectivity index (χ4v) is 4.97. The van der Waals surface area contributed by atoms with E-state index in [0.29, 0.717) is 12.5 Å². The fourth-order valence-electron chi connectivity index (χ4n) is 4.97. The molecule has 6 heteroatoms. The zero-order valence-electron chi connectivity index (χ0n) is 19.2. The van der Waals surface area contributed by atoms with E-state index in [0.717, 1.165) is 43.1 Å². The number of carbonyl (C=O) groups excluding carboxylic acids is 2. The average Bonchev–Trinajstić information content (AvgIpc) is 3.41. The summed E-state index contributed by atoms with van der Waals surface area (Å²) in [5.74, 6) is 0.282. The molecule has 1 saturated heterocycles. The highest BCUT2D eigenvalue weighted by molar-refractivity contribution is 5.86. The van der Waals surface area contributed by atoms with Gasteiger partial charge in [0.1, 0.15) is 12.6 Å². The predicted octanol–water partition coefficient (Wildman–Crippen LogP) is 4.42. The van der Waals surface area contributed by atoms with Gasteiger partial charge >= 0.3 is 6.09 Å². The van der Waals surface area contributed by atoms with Gasteiger partial charge in [-0.05, 0) is 55.8 Å². The molecule has 2 fully saturated rings. The Bertz CT molecular complexity index is 876. The van der Waals surface area contributed by atoms with E-state index < -0.39 is 12.1 Å². The van der Waals surface area contributed by atoms with Crippen molar-refractivity contribution in [1.29, 1.82) is 0 Å². The number of rotatable bonds is 8. The molecule has 4 rings (SSSR count). The molecule has 6 nitrogen and oxygen atoms in total. The van der Waals surface area contributed by atoms with Crippen molar-refractivity contribution in [3.05, 3.63) is 71.8 Å². The van der Waals surface area contributed by atoms with Gasteiger partial charge in [-0.3, -0.25) is 4.79 Å². The lowest BCUT2D eigenvalue weighted by molar-refractivity contribution is -0.123. The topological polar surface area (TPSA) is 70.7 Å². The Morgan fingerprint density at radius 2 is 1.55 bits per heavy atom. The largest absolute Gasteiger partial charge is 0.445 e. The van der Waals surface area contributed by atoms with E-state index in [-0.39, 0.29) is 12.5 Å². The van der Waals surface area contributed by atoms with E-state index >= 15 is 0 Å². The Balaban J connectivity index is 1.28. The second-order valence-electron chi connectivity index (χ2n) is 9.21. The van der Waals surface area contributed by atoms with Crippen molar-refractivity contribution in [2.45, 2.75) is 57.2 Å². The zero-order chi connectivity index (χ0) is 22.9. The fraction of sp³-hybridized carbons (Fsp3) is 0.481. The molecule has 0 unspecified atom stereocenters. The summed E-state index contributed by atoms with van der Waals surface area (Å²) < 4.78 is 5.35. The van der Waals surface area contributed by atoms with Gasteiger partial charge in [-0.15, -0.1) is 0 Å². The third-order valence-electron chi connectivity index (χ3n) is 6.93. The Hall–Kier alpha value is -2.86. The Labute approximate surface area is 196 Å². The van der Waals surface area contributed by atoms with Crippen molar-refractivity contribution < 1.29 is 14.3 Å². The number of likely N-dealkylation sites (tertiary alicyclic amines) is 1. The van der Waals surface area contributed by atoms with Crippen LogP contribution in [0.4, 0.5) is 4.79 Å². The van der Waals surface area contributed by atoms with Crippen molar-refractivity contribution in [1.82, 2.24) is 15.5 Å². The van der Waals surface area contributed by atoms with Gasteiger partial charge in [-0.25, -0.2) is 4.79 Å². The van der Waals surface area contributed by atoms with E-state index in [1.165, 1.54) is 25.7 Å². The van der Waals surface area contributed by atoms with Crippen LogP contribution in [0.2, 0.25) is 0 Å². The first-order chi connectivity index (χ1) is 16.2. The van der Waals surface area contributed by atoms with Crippen LogP contribution in [0.25, 0.3) is 0 Å². The first-order valence-electron chi connectivity index (χ1n) is 12.2. The maximum atomic E-state index is 13.1. The summed E-state index contributed by atoms with van der Waals surface area (Å²) in [5, 5.41) is 5.84. The number of piperidine rings is 1. The molecule has 1 heterocycles. The summed E-state index contributed by atoms with van der Waals surface area (Å²) in [7, 11) is 0. The zero-order valence-corrected chi connectivity index (χ0v) is 19.2. The van der Waals surface area contributed by atoms with Crippen molar-refractivity contribution in [3.63, 3.8) is 0 Å². The molecule has 0 bridgehead atoms. The van der Waals surface area contributed by atoms with E-state index in [4.69, 9.17) is 4.74 Å². The summed E-state index contributed by atoms with van der Waals surface area (Å²) in [6.07, 6.45) is 7.02. The number of nitrogens with zero attached hydrogens (tertiary/aromatic N) is 1. The minimum absolute atomic E-state index is 0.162. The molecule has 1 aliphatic heterocycles. The lowest BCUT2D eigenvalue weighted by Gasteiger charge is -2.36. The van der Waals surface area contributed by atoms with Gasteiger partial charge in [-0.2, -0.15) is 0 Å². The van der Waals surface area contributed by atoms with Gasteiger partial charge < -0.3 is 20.3 Å². The highest BCUT2D eigenvalue weighted by atomic mass is 16.5. The smallest absolute Gasteiger partial charge is 0.408 e. The molecule has 0 radical (unpaired) electrons. The third kappa shape index (κ3) is 6.81. The lowest BCUT2D eigenvalue weighted by Crippen LogP contribution is -2.45. The maximum Gasteiger partial charge on any atom is 0.408 e. The van der Waals surface area contributed by atoms with E-state index in [9.17, 15) is 9.59 Å². The molecule has 176 valence electrons. The van der Waals surface area contributed by atoms with Crippen LogP contribution in [0.3, 0.4) is 0 Å². The number of amides is 2. The second kappa shape index (κ2) is 11.8. The van der Waals surface area contributed by atoms with Crippen LogP contribution in [0, 0.1) is 5.92 Å². The Morgan fingerprint density at radius 1 is 0.909 bits per heavy atom. The van der Waals surface area contributed by atoms with Gasteiger partial charge in [0.05, 0.1) is 0 Å². The first-order valence-corrected chi connectivity index (χ1v) is 12.2. The van der Waals surface area contributed by atoms with E-state index in [1.54, 1.807) is 0 Å². The minimum Gasteiger partial charge on any atom is -0.445 e. The van der Waals surface area contributed by atoms with E-state index in [2.05, 4.69) is 15.5 Å². The van der Waals surface area contributed by atoms with Gasteiger partial charge in [0.15, 0.2) is 0 Å². The van der Waals surface area contributed by atoms with Crippen LogP contribution >= 0.6 is 0 Å². The molecule has 2 amide bonds. The highest BCUT2D eigenvalue weighted by Gasteiger charge is 2.28. The van der Waals surface area contributed by atoms with Gasteiger partial charge in [0.25, 0.3) is 0 Å². The molecule has 1 aliphatic carbocycles. The molecule has 2 aromatic carbocycles. The van der Waals surface area contributed by atoms with E-state index in [1.807, 2.05) is 60.7 Å². The molecule has 0 aromatic heterocycles. The number of ether oxygens (including phenoxy) is 1. The molecule has 1 atom stereocenters. The van der Waals surface area contributed by atoms with Crippen LogP contribution in [-0.4, -0.2) is 42.6 Å². The number of nitrogens with one attached hydrogen (secondary N) is 2. The van der Waals surface area contributed by atoms with Crippen LogP contribution < -0.4 is 10.6 Å². The first kappa shape index (κ1) is 23.3. The number of hydrogen-bond acceptors (Lipinski definition) is 4. The van der Waals surface area contributed by atoms with Crippen molar-refractivity contribution in [2.75, 3.05) is 19.6 Å². The SMILES string of the molecule is O=C(N[C@@H](C(=O)NCC1CCN(C2CCCC2)CC1)c1ccccc1)OCc1ccccc1. The summed E-state index contributed by atoms with van der Waals surface area (Å²) in [6, 6.07) is 18.8. The van der Waals surface area contributed by atoms with Gasteiger partial charge in [0.2, 0.25) is 5.91 Å². The second-order valence-corrected chi connectivity index (χ2v) is 9.21. The van der Waals surface area contributed by atoms with Crippen LogP contribution in [0.15, 0.2) is 60.7 Å².